The molecule has 1 heterocycles. The first kappa shape index (κ1) is 11.8. The summed E-state index contributed by atoms with van der Waals surface area (Å²) >= 11 is 0. The monoisotopic (exact) mass is 233 g/mol. The molecule has 3 N–H and O–H groups in total. The minimum Gasteiger partial charge on any atom is -0.477 e. The van der Waals surface area contributed by atoms with Crippen molar-refractivity contribution in [2.45, 2.75) is 6.43 Å². The van der Waals surface area contributed by atoms with Crippen LogP contribution >= 0.6 is 0 Å². The molecule has 0 aliphatic carbocycles. The van der Waals surface area contributed by atoms with E-state index in [1.54, 1.807) is 0 Å². The number of anilines is 1. The summed E-state index contributed by atoms with van der Waals surface area (Å²) in [6.45, 7) is 0. The molecule has 7 nitrogen and oxygen atoms in total. The highest BCUT2D eigenvalue weighted by Crippen LogP contribution is 2.32. The smallest absolute Gasteiger partial charge is 0.378 e. The summed E-state index contributed by atoms with van der Waals surface area (Å²) in [5.74, 6) is -3.03. The maximum atomic E-state index is 12.5. The van der Waals surface area contributed by atoms with Crippen molar-refractivity contribution in [1.82, 2.24) is 4.98 Å². The Kier molecular flexibility index (Phi) is 2.97. The molecule has 0 saturated carbocycles. The predicted molar refractivity (Wildman–Crippen MR) is 47.2 cm³/mol. The van der Waals surface area contributed by atoms with Crippen molar-refractivity contribution >= 4 is 17.5 Å². The molecule has 16 heavy (non-hydrogen) atoms. The zero-order valence-corrected chi connectivity index (χ0v) is 7.55. The number of aromatic nitrogens is 1. The number of hydrogen-bond donors (Lipinski definition) is 2. The van der Waals surface area contributed by atoms with Gasteiger partial charge in [-0.2, -0.15) is 0 Å². The van der Waals surface area contributed by atoms with Gasteiger partial charge in [0.1, 0.15) is 0 Å². The summed E-state index contributed by atoms with van der Waals surface area (Å²) in [7, 11) is 0. The molecule has 1 rings (SSSR count). The minimum atomic E-state index is -3.23. The molecule has 0 amide bonds. The van der Waals surface area contributed by atoms with Gasteiger partial charge in [0.05, 0.1) is 11.3 Å². The molecular formula is C7H5F2N3O4. The number of pyridine rings is 1. The van der Waals surface area contributed by atoms with Gasteiger partial charge in [0, 0.05) is 0 Å². The lowest BCUT2D eigenvalue weighted by Crippen LogP contribution is -2.11. The van der Waals surface area contributed by atoms with Crippen molar-refractivity contribution < 1.29 is 23.6 Å². The molecule has 0 fully saturated rings. The normalized spacial score (nSPS) is 10.4. The van der Waals surface area contributed by atoms with Crippen LogP contribution in [0.5, 0.6) is 0 Å². The van der Waals surface area contributed by atoms with E-state index in [0.29, 0.717) is 6.20 Å². The lowest BCUT2D eigenvalue weighted by Gasteiger charge is -2.06. The number of aromatic carboxylic acids is 1. The fourth-order valence-corrected chi connectivity index (χ4v) is 1.11. The van der Waals surface area contributed by atoms with Gasteiger partial charge in [-0.1, -0.05) is 0 Å². The van der Waals surface area contributed by atoms with Crippen LogP contribution in [0, 0.1) is 10.1 Å². The van der Waals surface area contributed by atoms with Crippen LogP contribution in [-0.4, -0.2) is 21.0 Å². The second kappa shape index (κ2) is 4.04. The summed E-state index contributed by atoms with van der Waals surface area (Å²) in [6.07, 6.45) is -2.60. The number of nitro groups is 1. The topological polar surface area (TPSA) is 119 Å². The van der Waals surface area contributed by atoms with Crippen LogP contribution in [0.4, 0.5) is 20.3 Å². The maximum absolute atomic E-state index is 12.5. The number of hydrogen-bond acceptors (Lipinski definition) is 5. The first-order valence-corrected chi connectivity index (χ1v) is 3.80. The van der Waals surface area contributed by atoms with Gasteiger partial charge >= 0.3 is 11.8 Å². The number of nitrogen functional groups attached to an aromatic ring is 1. The van der Waals surface area contributed by atoms with E-state index in [1.165, 1.54) is 0 Å². The van der Waals surface area contributed by atoms with Gasteiger partial charge in [0.25, 0.3) is 6.43 Å². The molecule has 0 unspecified atom stereocenters. The highest BCUT2D eigenvalue weighted by Gasteiger charge is 2.31. The molecular weight excluding hydrogens is 228 g/mol. The standard InChI is InChI=1S/C7H5F2N3O4/c8-5(9)3-2(10)1-11-6(12(15)16)4(3)7(13)14/h1,5H,10H2,(H,13,14). The number of nitrogens with two attached hydrogens (primary N) is 1. The number of nitrogens with zero attached hydrogens (tertiary/aromatic N) is 2. The molecule has 0 radical (unpaired) electrons. The Morgan fingerprint density at radius 3 is 2.56 bits per heavy atom. The molecule has 0 spiro atoms. The largest absolute Gasteiger partial charge is 0.477 e. The molecule has 0 aliphatic rings. The fraction of sp³-hybridized carbons (Fsp3) is 0.143. The third-order valence-corrected chi connectivity index (χ3v) is 1.73. The molecule has 1 aromatic rings. The third-order valence-electron chi connectivity index (χ3n) is 1.73. The lowest BCUT2D eigenvalue weighted by atomic mass is 10.1. The molecule has 0 aliphatic heterocycles. The van der Waals surface area contributed by atoms with Gasteiger partial charge in [-0.05, 0) is 9.91 Å². The van der Waals surface area contributed by atoms with E-state index in [-0.39, 0.29) is 0 Å². The highest BCUT2D eigenvalue weighted by atomic mass is 19.3. The van der Waals surface area contributed by atoms with Gasteiger partial charge in [-0.25, -0.2) is 13.6 Å². The first-order valence-electron chi connectivity index (χ1n) is 3.80. The second-order valence-corrected chi connectivity index (χ2v) is 2.69. The van der Waals surface area contributed by atoms with Crippen molar-refractivity contribution in [3.63, 3.8) is 0 Å². The molecule has 1 aromatic heterocycles. The molecule has 0 aromatic carbocycles. The second-order valence-electron chi connectivity index (χ2n) is 2.69. The van der Waals surface area contributed by atoms with Crippen molar-refractivity contribution in [2.24, 2.45) is 0 Å². The Labute approximate surface area is 86.7 Å². The number of carbonyl (C=O) groups is 1. The van der Waals surface area contributed by atoms with E-state index in [1.807, 2.05) is 0 Å². The van der Waals surface area contributed by atoms with Gasteiger partial charge < -0.3 is 21.0 Å². The fourth-order valence-electron chi connectivity index (χ4n) is 1.11. The number of alkyl halides is 2. The third kappa shape index (κ3) is 1.87. The summed E-state index contributed by atoms with van der Waals surface area (Å²) < 4.78 is 25.0. The van der Waals surface area contributed by atoms with Gasteiger partial charge in [-0.15, -0.1) is 0 Å². The molecule has 0 atom stereocenters. The molecule has 86 valence electrons. The van der Waals surface area contributed by atoms with Gasteiger partial charge in [0.15, 0.2) is 11.8 Å². The zero-order chi connectivity index (χ0) is 12.5. The van der Waals surface area contributed by atoms with E-state index >= 15 is 0 Å². The summed E-state index contributed by atoms with van der Waals surface area (Å²) in [4.78, 5) is 23.0. The Hall–Kier alpha value is -2.32. The Bertz CT molecular complexity index is 463. The van der Waals surface area contributed by atoms with Crippen molar-refractivity contribution in [2.75, 3.05) is 5.73 Å². The first-order chi connectivity index (χ1) is 7.36. The zero-order valence-electron chi connectivity index (χ0n) is 7.55. The van der Waals surface area contributed by atoms with Crippen molar-refractivity contribution in [3.05, 3.63) is 27.4 Å². The molecule has 0 bridgehead atoms. The maximum Gasteiger partial charge on any atom is 0.378 e. The Morgan fingerprint density at radius 1 is 1.62 bits per heavy atom. The number of carboxylic acid groups (broad SMARTS) is 1. The number of carboxylic acids is 1. The van der Waals surface area contributed by atoms with E-state index < -0.39 is 40.0 Å². The molecule has 0 saturated heterocycles. The van der Waals surface area contributed by atoms with Crippen LogP contribution in [0.1, 0.15) is 22.3 Å². The van der Waals surface area contributed by atoms with Crippen LogP contribution in [-0.2, 0) is 0 Å². The quantitative estimate of drug-likeness (QED) is 0.598. The minimum absolute atomic E-state index is 0.599. The highest BCUT2D eigenvalue weighted by molar-refractivity contribution is 5.94. The van der Waals surface area contributed by atoms with Crippen LogP contribution in [0.3, 0.4) is 0 Å². The summed E-state index contributed by atoms with van der Waals surface area (Å²) in [6, 6.07) is 0. The van der Waals surface area contributed by atoms with Gasteiger partial charge in [0.2, 0.25) is 0 Å². The summed E-state index contributed by atoms with van der Waals surface area (Å²) in [5, 5.41) is 19.0. The van der Waals surface area contributed by atoms with Crippen LogP contribution in [0.2, 0.25) is 0 Å². The average molecular weight is 233 g/mol. The van der Waals surface area contributed by atoms with E-state index in [2.05, 4.69) is 4.98 Å². The van der Waals surface area contributed by atoms with Crippen molar-refractivity contribution in [3.8, 4) is 0 Å². The van der Waals surface area contributed by atoms with Crippen molar-refractivity contribution in [1.29, 1.82) is 0 Å². The molecule has 9 heteroatoms. The summed E-state index contributed by atoms with van der Waals surface area (Å²) in [5.41, 5.74) is 2.23. The lowest BCUT2D eigenvalue weighted by molar-refractivity contribution is -0.390. The van der Waals surface area contributed by atoms with Gasteiger partial charge in [-0.3, -0.25) is 0 Å². The van der Waals surface area contributed by atoms with Crippen LogP contribution in [0.15, 0.2) is 6.20 Å². The number of halogens is 2. The SMILES string of the molecule is Nc1cnc([N+](=O)[O-])c(C(=O)O)c1C(F)F. The van der Waals surface area contributed by atoms with E-state index in [9.17, 15) is 23.7 Å². The average Bonchev–Trinajstić information content (AvgIpc) is 2.15. The predicted octanol–water partition coefficient (Wildman–Crippen LogP) is 1.21. The van der Waals surface area contributed by atoms with Crippen LogP contribution in [0.25, 0.3) is 0 Å². The number of rotatable bonds is 3. The Morgan fingerprint density at radius 2 is 2.19 bits per heavy atom. The van der Waals surface area contributed by atoms with Crippen LogP contribution < -0.4 is 5.73 Å². The van der Waals surface area contributed by atoms with E-state index in [4.69, 9.17) is 10.8 Å². The Balaban J connectivity index is 3.63. The van der Waals surface area contributed by atoms with E-state index in [0.717, 1.165) is 0 Å².